The lowest BCUT2D eigenvalue weighted by Crippen LogP contribution is -2.47. The largest absolute Gasteiger partial charge is 0.311 e. The maximum absolute atomic E-state index is 3.82. The van der Waals surface area contributed by atoms with Crippen LogP contribution in [0.15, 0.2) is 12.2 Å². The maximum Gasteiger partial charge on any atom is 0.0139 e. The molecule has 2 nitrogen and oxygen atoms in total. The van der Waals surface area contributed by atoms with Crippen molar-refractivity contribution in [2.45, 2.75) is 58.0 Å². The van der Waals surface area contributed by atoms with Gasteiger partial charge in [0, 0.05) is 18.6 Å². The van der Waals surface area contributed by atoms with Gasteiger partial charge in [-0.05, 0) is 58.0 Å². The van der Waals surface area contributed by atoms with Crippen molar-refractivity contribution in [3.8, 4) is 0 Å². The molecular weight excluding hydrogens is 208 g/mol. The second-order valence-electron chi connectivity index (χ2n) is 5.80. The van der Waals surface area contributed by atoms with Crippen molar-refractivity contribution >= 4 is 0 Å². The topological polar surface area (TPSA) is 15.3 Å². The molecule has 2 atom stereocenters. The summed E-state index contributed by atoms with van der Waals surface area (Å²) in [4.78, 5) is 2.65. The average molecular weight is 236 g/mol. The van der Waals surface area contributed by atoms with Gasteiger partial charge in [0.15, 0.2) is 0 Å². The third-order valence-electron chi connectivity index (χ3n) is 4.30. The molecule has 1 N–H and O–H groups in total. The Kier molecular flexibility index (Phi) is 5.05. The minimum absolute atomic E-state index is 0.680. The van der Waals surface area contributed by atoms with Gasteiger partial charge in [-0.15, -0.1) is 0 Å². The Labute approximate surface area is 106 Å². The van der Waals surface area contributed by atoms with E-state index in [1.54, 1.807) is 0 Å². The molecule has 0 bridgehead atoms. The van der Waals surface area contributed by atoms with E-state index in [0.29, 0.717) is 12.1 Å². The highest BCUT2D eigenvalue weighted by Gasteiger charge is 2.25. The molecule has 2 unspecified atom stereocenters. The third kappa shape index (κ3) is 3.82. The van der Waals surface area contributed by atoms with Gasteiger partial charge in [0.05, 0.1) is 0 Å². The molecule has 1 fully saturated rings. The summed E-state index contributed by atoms with van der Waals surface area (Å²) in [7, 11) is 0. The molecule has 0 amide bonds. The predicted molar refractivity (Wildman–Crippen MR) is 74.2 cm³/mol. The molecule has 2 heteroatoms. The van der Waals surface area contributed by atoms with Crippen LogP contribution in [0.5, 0.6) is 0 Å². The number of piperidine rings is 1. The highest BCUT2D eigenvalue weighted by molar-refractivity contribution is 4.99. The van der Waals surface area contributed by atoms with Gasteiger partial charge in [-0.25, -0.2) is 0 Å². The fourth-order valence-electron chi connectivity index (χ4n) is 3.28. The van der Waals surface area contributed by atoms with E-state index >= 15 is 0 Å². The quantitative estimate of drug-likeness (QED) is 0.738. The summed E-state index contributed by atoms with van der Waals surface area (Å²) < 4.78 is 0. The number of likely N-dealkylation sites (tertiary alicyclic amines) is 1. The monoisotopic (exact) mass is 236 g/mol. The fraction of sp³-hybridized carbons (Fsp3) is 0.867. The van der Waals surface area contributed by atoms with Crippen LogP contribution in [0.2, 0.25) is 0 Å². The van der Waals surface area contributed by atoms with Gasteiger partial charge >= 0.3 is 0 Å². The lowest BCUT2D eigenvalue weighted by molar-refractivity contribution is 0.147. The Morgan fingerprint density at radius 3 is 2.82 bits per heavy atom. The third-order valence-corrected chi connectivity index (χ3v) is 4.30. The highest BCUT2D eigenvalue weighted by Crippen LogP contribution is 2.21. The van der Waals surface area contributed by atoms with Gasteiger partial charge in [-0.1, -0.05) is 19.1 Å². The molecule has 0 radical (unpaired) electrons. The summed E-state index contributed by atoms with van der Waals surface area (Å²) in [5.74, 6) is 0.857. The zero-order valence-electron chi connectivity index (χ0n) is 11.5. The van der Waals surface area contributed by atoms with Crippen molar-refractivity contribution in [3.05, 3.63) is 12.2 Å². The highest BCUT2D eigenvalue weighted by atomic mass is 15.1. The first-order valence-electron chi connectivity index (χ1n) is 7.43. The van der Waals surface area contributed by atoms with Crippen LogP contribution in [0.25, 0.3) is 0 Å². The van der Waals surface area contributed by atoms with Crippen LogP contribution in [-0.2, 0) is 0 Å². The first kappa shape index (κ1) is 13.1. The predicted octanol–water partition coefficient (Wildman–Crippen LogP) is 2.81. The lowest BCUT2D eigenvalue weighted by atomic mass is 9.91. The zero-order chi connectivity index (χ0) is 12.1. The molecule has 0 aromatic heterocycles. The molecule has 98 valence electrons. The van der Waals surface area contributed by atoms with Crippen LogP contribution in [0.1, 0.15) is 46.0 Å². The molecule has 0 saturated carbocycles. The number of hydrogen-bond acceptors (Lipinski definition) is 2. The molecular formula is C15H28N2. The van der Waals surface area contributed by atoms with Crippen molar-refractivity contribution in [1.29, 1.82) is 0 Å². The van der Waals surface area contributed by atoms with Crippen molar-refractivity contribution in [2.75, 3.05) is 19.6 Å². The van der Waals surface area contributed by atoms with E-state index in [0.717, 1.165) is 5.92 Å². The first-order chi connectivity index (χ1) is 8.29. The second kappa shape index (κ2) is 6.55. The van der Waals surface area contributed by atoms with E-state index < -0.39 is 0 Å². The SMILES string of the molecule is CCCN1CCCC(C(C)NC2CC=CC2)C1. The molecule has 0 aromatic rings. The summed E-state index contributed by atoms with van der Waals surface area (Å²) in [6, 6.07) is 1.39. The van der Waals surface area contributed by atoms with Gasteiger partial charge in [0.2, 0.25) is 0 Å². The number of hydrogen-bond donors (Lipinski definition) is 1. The van der Waals surface area contributed by atoms with Gasteiger partial charge in [-0.2, -0.15) is 0 Å². The van der Waals surface area contributed by atoms with Gasteiger partial charge in [-0.3, -0.25) is 0 Å². The van der Waals surface area contributed by atoms with Crippen molar-refractivity contribution in [2.24, 2.45) is 5.92 Å². The Hall–Kier alpha value is -0.340. The zero-order valence-corrected chi connectivity index (χ0v) is 11.5. The van der Waals surface area contributed by atoms with Crippen LogP contribution >= 0.6 is 0 Å². The van der Waals surface area contributed by atoms with Crippen LogP contribution in [0.3, 0.4) is 0 Å². The van der Waals surface area contributed by atoms with Crippen molar-refractivity contribution in [1.82, 2.24) is 10.2 Å². The molecule has 0 spiro atoms. The number of rotatable bonds is 5. The molecule has 1 aliphatic carbocycles. The maximum atomic E-state index is 3.82. The molecule has 2 aliphatic rings. The Morgan fingerprint density at radius 2 is 2.12 bits per heavy atom. The Bertz CT molecular complexity index is 239. The fourth-order valence-corrected chi connectivity index (χ4v) is 3.28. The van der Waals surface area contributed by atoms with Crippen LogP contribution in [0.4, 0.5) is 0 Å². The summed E-state index contributed by atoms with van der Waals surface area (Å²) in [5.41, 5.74) is 0. The molecule has 0 aromatic carbocycles. The number of nitrogens with zero attached hydrogens (tertiary/aromatic N) is 1. The summed E-state index contributed by atoms with van der Waals surface area (Å²) in [6.07, 6.45) is 11.2. The van der Waals surface area contributed by atoms with Crippen LogP contribution in [-0.4, -0.2) is 36.6 Å². The summed E-state index contributed by atoms with van der Waals surface area (Å²) in [5, 5.41) is 3.82. The first-order valence-corrected chi connectivity index (χ1v) is 7.43. The lowest BCUT2D eigenvalue weighted by Gasteiger charge is -2.37. The van der Waals surface area contributed by atoms with E-state index in [1.165, 1.54) is 51.7 Å². The van der Waals surface area contributed by atoms with Gasteiger partial charge < -0.3 is 10.2 Å². The van der Waals surface area contributed by atoms with Crippen LogP contribution < -0.4 is 5.32 Å². The van der Waals surface area contributed by atoms with E-state index in [2.05, 4.69) is 36.2 Å². The van der Waals surface area contributed by atoms with Gasteiger partial charge in [0.25, 0.3) is 0 Å². The normalized spacial score (nSPS) is 28.7. The second-order valence-corrected chi connectivity index (χ2v) is 5.80. The summed E-state index contributed by atoms with van der Waals surface area (Å²) >= 11 is 0. The summed E-state index contributed by atoms with van der Waals surface area (Å²) in [6.45, 7) is 8.59. The van der Waals surface area contributed by atoms with Gasteiger partial charge in [0.1, 0.15) is 0 Å². The van der Waals surface area contributed by atoms with Crippen molar-refractivity contribution < 1.29 is 0 Å². The number of nitrogens with one attached hydrogen (secondary N) is 1. The molecule has 1 heterocycles. The minimum Gasteiger partial charge on any atom is -0.311 e. The van der Waals surface area contributed by atoms with Crippen LogP contribution in [0, 0.1) is 5.92 Å². The van der Waals surface area contributed by atoms with E-state index in [9.17, 15) is 0 Å². The molecule has 1 saturated heterocycles. The Morgan fingerprint density at radius 1 is 1.35 bits per heavy atom. The van der Waals surface area contributed by atoms with E-state index in [1.807, 2.05) is 0 Å². The van der Waals surface area contributed by atoms with E-state index in [4.69, 9.17) is 0 Å². The molecule has 2 rings (SSSR count). The minimum atomic E-state index is 0.680. The standard InChI is InChI=1S/C15H28N2/c1-3-10-17-11-6-7-14(12-17)13(2)16-15-8-4-5-9-15/h4-5,13-16H,3,6-12H2,1-2H3. The molecule has 1 aliphatic heterocycles. The average Bonchev–Trinajstić information content (AvgIpc) is 2.83. The molecule has 17 heavy (non-hydrogen) atoms. The Balaban J connectivity index is 1.75. The van der Waals surface area contributed by atoms with Crippen molar-refractivity contribution in [3.63, 3.8) is 0 Å². The van der Waals surface area contributed by atoms with E-state index in [-0.39, 0.29) is 0 Å². The smallest absolute Gasteiger partial charge is 0.0139 e.